The minimum absolute atomic E-state index is 0.198. The molecule has 26 heavy (non-hydrogen) atoms. The van der Waals surface area contributed by atoms with Crippen LogP contribution in [-0.2, 0) is 0 Å². The fraction of sp³-hybridized carbons (Fsp3) is 0.0500. The number of benzene rings is 1. The molecule has 0 spiro atoms. The quantitative estimate of drug-likeness (QED) is 0.395. The minimum atomic E-state index is -0.434. The number of pyridine rings is 1. The monoisotopic (exact) mass is 363 g/mol. The molecule has 1 aromatic carbocycles. The van der Waals surface area contributed by atoms with E-state index in [-0.39, 0.29) is 11.5 Å². The van der Waals surface area contributed by atoms with Crippen LogP contribution in [0.5, 0.6) is 11.5 Å². The number of ketones is 1. The van der Waals surface area contributed by atoms with E-state index >= 15 is 0 Å². The van der Waals surface area contributed by atoms with Crippen molar-refractivity contribution in [3.63, 3.8) is 0 Å². The van der Waals surface area contributed by atoms with Gasteiger partial charge in [0.05, 0.1) is 11.3 Å². The molecule has 0 atom stereocenters. The molecule has 0 aliphatic carbocycles. The summed E-state index contributed by atoms with van der Waals surface area (Å²) < 4.78 is 11.2. The first kappa shape index (κ1) is 16.2. The Balaban J connectivity index is 1.64. The molecule has 3 heterocycles. The van der Waals surface area contributed by atoms with Gasteiger partial charge in [-0.2, -0.15) is 0 Å². The first-order valence-corrected chi connectivity index (χ1v) is 8.76. The van der Waals surface area contributed by atoms with Crippen LogP contribution < -0.4 is 9.47 Å². The summed E-state index contributed by atoms with van der Waals surface area (Å²) in [6.45, 7) is 1.76. The SMILES string of the molecule is Cc1c(OC(=O)c2cccs2)ccc2c1O/C(=C\c1ccccn1)C2=O. The van der Waals surface area contributed by atoms with Crippen LogP contribution in [0.1, 0.15) is 31.3 Å². The van der Waals surface area contributed by atoms with Crippen molar-refractivity contribution in [1.82, 2.24) is 4.98 Å². The number of ether oxygens (including phenoxy) is 2. The van der Waals surface area contributed by atoms with Crippen LogP contribution in [0.15, 0.2) is 59.8 Å². The Hall–Kier alpha value is -3.25. The van der Waals surface area contributed by atoms with Crippen molar-refractivity contribution in [3.05, 3.63) is 81.5 Å². The van der Waals surface area contributed by atoms with Gasteiger partial charge < -0.3 is 9.47 Å². The van der Waals surface area contributed by atoms with E-state index in [0.29, 0.717) is 33.2 Å². The van der Waals surface area contributed by atoms with Crippen LogP contribution in [0.25, 0.3) is 6.08 Å². The number of Topliss-reactive ketones (excluding diaryl/α,β-unsaturated/α-hetero) is 1. The Morgan fingerprint density at radius 3 is 2.81 bits per heavy atom. The highest BCUT2D eigenvalue weighted by Crippen LogP contribution is 2.39. The molecule has 0 bridgehead atoms. The molecule has 4 rings (SSSR count). The van der Waals surface area contributed by atoms with Crippen molar-refractivity contribution in [3.8, 4) is 11.5 Å². The van der Waals surface area contributed by atoms with E-state index in [9.17, 15) is 9.59 Å². The first-order chi connectivity index (χ1) is 12.6. The summed E-state index contributed by atoms with van der Waals surface area (Å²) in [5.41, 5.74) is 1.68. The third-order valence-corrected chi connectivity index (χ3v) is 4.78. The van der Waals surface area contributed by atoms with E-state index in [0.717, 1.165) is 0 Å². The molecule has 0 amide bonds. The maximum absolute atomic E-state index is 12.5. The summed E-state index contributed by atoms with van der Waals surface area (Å²) in [4.78, 5) is 29.4. The van der Waals surface area contributed by atoms with E-state index in [1.165, 1.54) is 11.3 Å². The molecule has 0 fully saturated rings. The van der Waals surface area contributed by atoms with E-state index in [1.807, 2.05) is 11.4 Å². The van der Waals surface area contributed by atoms with Gasteiger partial charge in [0, 0.05) is 17.8 Å². The second-order valence-corrected chi connectivity index (χ2v) is 6.57. The number of hydrogen-bond donors (Lipinski definition) is 0. The lowest BCUT2D eigenvalue weighted by molar-refractivity contribution is 0.0738. The number of rotatable bonds is 3. The zero-order valence-electron chi connectivity index (χ0n) is 13.8. The number of hydrogen-bond acceptors (Lipinski definition) is 6. The summed E-state index contributed by atoms with van der Waals surface area (Å²) in [6, 6.07) is 12.1. The van der Waals surface area contributed by atoms with Crippen LogP contribution in [0.2, 0.25) is 0 Å². The highest BCUT2D eigenvalue weighted by Gasteiger charge is 2.30. The van der Waals surface area contributed by atoms with Crippen LogP contribution >= 0.6 is 11.3 Å². The van der Waals surface area contributed by atoms with Crippen LogP contribution in [0.3, 0.4) is 0 Å². The first-order valence-electron chi connectivity index (χ1n) is 7.88. The third-order valence-electron chi connectivity index (χ3n) is 3.93. The normalized spacial score (nSPS) is 14.2. The number of carbonyl (C=O) groups is 2. The number of thiophene rings is 1. The molecule has 3 aromatic rings. The highest BCUT2D eigenvalue weighted by atomic mass is 32.1. The number of esters is 1. The maximum Gasteiger partial charge on any atom is 0.353 e. The standard InChI is InChI=1S/C20H13NO4S/c1-12-15(25-20(23)17-6-4-10-26-17)8-7-14-18(22)16(24-19(12)14)11-13-5-2-3-9-21-13/h2-11H,1H3/b16-11-. The highest BCUT2D eigenvalue weighted by molar-refractivity contribution is 7.12. The van der Waals surface area contributed by atoms with Crippen molar-refractivity contribution in [2.75, 3.05) is 0 Å². The van der Waals surface area contributed by atoms with Gasteiger partial charge in [-0.1, -0.05) is 12.1 Å². The number of carbonyl (C=O) groups excluding carboxylic acids is 2. The Bertz CT molecular complexity index is 1020. The summed E-state index contributed by atoms with van der Waals surface area (Å²) >= 11 is 1.31. The molecule has 6 heteroatoms. The van der Waals surface area contributed by atoms with E-state index in [2.05, 4.69) is 4.98 Å². The molecular formula is C20H13NO4S. The molecule has 0 radical (unpaired) electrons. The second-order valence-electron chi connectivity index (χ2n) is 5.63. The molecule has 0 saturated heterocycles. The topological polar surface area (TPSA) is 65.5 Å². The summed E-state index contributed by atoms with van der Waals surface area (Å²) in [6.07, 6.45) is 3.24. The van der Waals surface area contributed by atoms with Gasteiger partial charge in [-0.25, -0.2) is 4.79 Å². The Morgan fingerprint density at radius 1 is 1.19 bits per heavy atom. The molecule has 0 unspecified atom stereocenters. The second kappa shape index (κ2) is 6.57. The van der Waals surface area contributed by atoms with Crippen molar-refractivity contribution >= 4 is 29.2 Å². The van der Waals surface area contributed by atoms with Crippen molar-refractivity contribution in [2.24, 2.45) is 0 Å². The zero-order valence-corrected chi connectivity index (χ0v) is 14.6. The third kappa shape index (κ3) is 2.91. The summed E-state index contributed by atoms with van der Waals surface area (Å²) in [5, 5.41) is 1.81. The zero-order chi connectivity index (χ0) is 18.1. The van der Waals surface area contributed by atoms with Gasteiger partial charge >= 0.3 is 5.97 Å². The molecule has 0 N–H and O–H groups in total. The van der Waals surface area contributed by atoms with Crippen LogP contribution in [-0.4, -0.2) is 16.7 Å². The van der Waals surface area contributed by atoms with Crippen LogP contribution in [0.4, 0.5) is 0 Å². The fourth-order valence-corrected chi connectivity index (χ4v) is 3.22. The lowest BCUT2D eigenvalue weighted by atomic mass is 10.1. The number of nitrogens with zero attached hydrogens (tertiary/aromatic N) is 1. The Morgan fingerprint density at radius 2 is 2.08 bits per heavy atom. The fourth-order valence-electron chi connectivity index (χ4n) is 2.62. The molecule has 128 valence electrons. The van der Waals surface area contributed by atoms with E-state index in [4.69, 9.17) is 9.47 Å². The van der Waals surface area contributed by atoms with Gasteiger partial charge in [0.25, 0.3) is 0 Å². The predicted molar refractivity (Wildman–Crippen MR) is 97.6 cm³/mol. The van der Waals surface area contributed by atoms with Crippen LogP contribution in [0, 0.1) is 6.92 Å². The maximum atomic E-state index is 12.5. The number of aromatic nitrogens is 1. The lowest BCUT2D eigenvalue weighted by Crippen LogP contribution is -2.07. The molecule has 1 aliphatic rings. The molecular weight excluding hydrogens is 350 g/mol. The van der Waals surface area contributed by atoms with Gasteiger partial charge in [0.15, 0.2) is 5.76 Å². The van der Waals surface area contributed by atoms with Gasteiger partial charge in [0.1, 0.15) is 16.4 Å². The summed E-state index contributed by atoms with van der Waals surface area (Å²) in [7, 11) is 0. The van der Waals surface area contributed by atoms with E-state index in [1.54, 1.807) is 55.6 Å². The average molecular weight is 363 g/mol. The lowest BCUT2D eigenvalue weighted by Gasteiger charge is -2.09. The smallest absolute Gasteiger partial charge is 0.353 e. The number of allylic oxidation sites excluding steroid dienone is 1. The van der Waals surface area contributed by atoms with E-state index < -0.39 is 5.97 Å². The van der Waals surface area contributed by atoms with Crippen molar-refractivity contribution < 1.29 is 19.1 Å². The van der Waals surface area contributed by atoms with Crippen molar-refractivity contribution in [2.45, 2.75) is 6.92 Å². The minimum Gasteiger partial charge on any atom is -0.452 e. The Labute approximate surface area is 153 Å². The average Bonchev–Trinajstić information content (AvgIpc) is 3.28. The Kier molecular flexibility index (Phi) is 4.10. The van der Waals surface area contributed by atoms with Gasteiger partial charge in [-0.15, -0.1) is 11.3 Å². The largest absolute Gasteiger partial charge is 0.452 e. The van der Waals surface area contributed by atoms with Crippen molar-refractivity contribution in [1.29, 1.82) is 0 Å². The molecule has 1 aliphatic heterocycles. The predicted octanol–water partition coefficient (Wildman–Crippen LogP) is 4.29. The molecule has 5 nitrogen and oxygen atoms in total. The van der Waals surface area contributed by atoms with Gasteiger partial charge in [0.2, 0.25) is 5.78 Å². The molecule has 2 aromatic heterocycles. The summed E-state index contributed by atoms with van der Waals surface area (Å²) in [5.74, 6) is 0.327. The van der Waals surface area contributed by atoms with Gasteiger partial charge in [-0.3, -0.25) is 9.78 Å². The van der Waals surface area contributed by atoms with Gasteiger partial charge in [-0.05, 0) is 42.6 Å². The number of fused-ring (bicyclic) bond motifs is 1. The molecule has 0 saturated carbocycles.